The SMILES string of the molecule is NCC1CC(c2ccc(Br)s2)=CO1. The largest absolute Gasteiger partial charge is 0.496 e. The van der Waals surface area contributed by atoms with Gasteiger partial charge in [0.05, 0.1) is 10.0 Å². The predicted molar refractivity (Wildman–Crippen MR) is 58.5 cm³/mol. The summed E-state index contributed by atoms with van der Waals surface area (Å²) in [6.07, 6.45) is 2.94. The van der Waals surface area contributed by atoms with Crippen molar-refractivity contribution in [2.45, 2.75) is 12.5 Å². The zero-order valence-corrected chi connectivity index (χ0v) is 9.40. The molecular weight excluding hydrogens is 250 g/mol. The van der Waals surface area contributed by atoms with Crippen molar-refractivity contribution in [3.05, 3.63) is 27.1 Å². The zero-order chi connectivity index (χ0) is 9.26. The van der Waals surface area contributed by atoms with E-state index in [1.54, 1.807) is 11.3 Å². The Morgan fingerprint density at radius 1 is 1.62 bits per heavy atom. The lowest BCUT2D eigenvalue weighted by molar-refractivity contribution is 0.178. The average molecular weight is 260 g/mol. The first-order valence-electron chi connectivity index (χ1n) is 4.10. The minimum atomic E-state index is 0.177. The summed E-state index contributed by atoms with van der Waals surface area (Å²) in [6.45, 7) is 0.590. The Bertz CT molecular complexity index is 334. The topological polar surface area (TPSA) is 35.2 Å². The molecule has 1 aromatic heterocycles. The number of hydrogen-bond acceptors (Lipinski definition) is 3. The van der Waals surface area contributed by atoms with Crippen molar-refractivity contribution in [2.24, 2.45) is 5.73 Å². The molecule has 0 fully saturated rings. The van der Waals surface area contributed by atoms with Crippen LogP contribution in [0.15, 0.2) is 22.2 Å². The van der Waals surface area contributed by atoms with Crippen LogP contribution in [0.25, 0.3) is 5.57 Å². The molecule has 0 radical (unpaired) electrons. The van der Waals surface area contributed by atoms with Gasteiger partial charge >= 0.3 is 0 Å². The van der Waals surface area contributed by atoms with Crippen LogP contribution in [0.4, 0.5) is 0 Å². The van der Waals surface area contributed by atoms with E-state index >= 15 is 0 Å². The summed E-state index contributed by atoms with van der Waals surface area (Å²) in [5.41, 5.74) is 6.77. The van der Waals surface area contributed by atoms with E-state index in [0.29, 0.717) is 6.54 Å². The molecule has 1 unspecified atom stereocenters. The van der Waals surface area contributed by atoms with Crippen LogP contribution < -0.4 is 5.73 Å². The lowest BCUT2D eigenvalue weighted by atomic mass is 10.1. The first-order valence-corrected chi connectivity index (χ1v) is 5.71. The van der Waals surface area contributed by atoms with Gasteiger partial charge in [-0.2, -0.15) is 0 Å². The Morgan fingerprint density at radius 2 is 2.46 bits per heavy atom. The highest BCUT2D eigenvalue weighted by Crippen LogP contribution is 2.33. The lowest BCUT2D eigenvalue weighted by Crippen LogP contribution is -2.18. The Hall–Kier alpha value is -0.320. The molecule has 2 nitrogen and oxygen atoms in total. The number of thiophene rings is 1. The molecule has 70 valence electrons. The van der Waals surface area contributed by atoms with Crippen LogP contribution in [0.5, 0.6) is 0 Å². The maximum atomic E-state index is 5.52. The van der Waals surface area contributed by atoms with Gasteiger partial charge in [-0.1, -0.05) is 0 Å². The van der Waals surface area contributed by atoms with Crippen molar-refractivity contribution in [3.8, 4) is 0 Å². The number of rotatable bonds is 2. The predicted octanol–water partition coefficient (Wildman–Crippen LogP) is 2.60. The fourth-order valence-electron chi connectivity index (χ4n) is 1.30. The molecule has 2 rings (SSSR count). The minimum absolute atomic E-state index is 0.177. The summed E-state index contributed by atoms with van der Waals surface area (Å²) in [5, 5.41) is 0. The Labute approximate surface area is 89.5 Å². The molecule has 2 heterocycles. The molecule has 0 aromatic carbocycles. The molecule has 0 aliphatic carbocycles. The third-order valence-corrected chi connectivity index (χ3v) is 3.70. The smallest absolute Gasteiger partial charge is 0.114 e. The molecule has 0 amide bonds. The van der Waals surface area contributed by atoms with Crippen molar-refractivity contribution in [1.82, 2.24) is 0 Å². The molecule has 0 saturated carbocycles. The maximum Gasteiger partial charge on any atom is 0.114 e. The molecule has 1 aromatic rings. The highest BCUT2D eigenvalue weighted by Gasteiger charge is 2.18. The molecule has 1 atom stereocenters. The van der Waals surface area contributed by atoms with Gasteiger partial charge in [0.25, 0.3) is 0 Å². The molecule has 13 heavy (non-hydrogen) atoms. The summed E-state index contributed by atoms with van der Waals surface area (Å²) in [6, 6.07) is 4.15. The lowest BCUT2D eigenvalue weighted by Gasteiger charge is -2.04. The van der Waals surface area contributed by atoms with Crippen molar-refractivity contribution in [1.29, 1.82) is 0 Å². The van der Waals surface area contributed by atoms with Gasteiger partial charge in [-0.25, -0.2) is 0 Å². The van der Waals surface area contributed by atoms with E-state index in [9.17, 15) is 0 Å². The summed E-state index contributed by atoms with van der Waals surface area (Å²) in [4.78, 5) is 1.27. The Kier molecular flexibility index (Phi) is 2.71. The number of nitrogens with two attached hydrogens (primary N) is 1. The molecular formula is C9H10BrNOS. The van der Waals surface area contributed by atoms with E-state index in [0.717, 1.165) is 10.2 Å². The first kappa shape index (κ1) is 9.24. The standard InChI is InChI=1S/C9H10BrNOS/c10-9-2-1-8(13-9)6-3-7(4-11)12-5-6/h1-2,5,7H,3-4,11H2. The third kappa shape index (κ3) is 1.95. The zero-order valence-electron chi connectivity index (χ0n) is 7.00. The second-order valence-corrected chi connectivity index (χ2v) is 5.41. The summed E-state index contributed by atoms with van der Waals surface area (Å²) in [5.74, 6) is 0. The van der Waals surface area contributed by atoms with E-state index < -0.39 is 0 Å². The van der Waals surface area contributed by atoms with Crippen LogP contribution in [-0.4, -0.2) is 12.6 Å². The molecule has 1 aliphatic heterocycles. The van der Waals surface area contributed by atoms with Crippen LogP contribution in [0, 0.1) is 0 Å². The summed E-state index contributed by atoms with van der Waals surface area (Å²) < 4.78 is 6.54. The third-order valence-electron chi connectivity index (χ3n) is 2.00. The molecule has 4 heteroatoms. The quantitative estimate of drug-likeness (QED) is 0.887. The molecule has 0 bridgehead atoms. The van der Waals surface area contributed by atoms with Crippen LogP contribution in [0.1, 0.15) is 11.3 Å². The van der Waals surface area contributed by atoms with Gasteiger partial charge in [-0.3, -0.25) is 0 Å². The van der Waals surface area contributed by atoms with Gasteiger partial charge in [0.15, 0.2) is 0 Å². The monoisotopic (exact) mass is 259 g/mol. The second-order valence-electron chi connectivity index (χ2n) is 2.94. The van der Waals surface area contributed by atoms with Gasteiger partial charge < -0.3 is 10.5 Å². The van der Waals surface area contributed by atoms with E-state index in [2.05, 4.69) is 28.1 Å². The molecule has 0 saturated heterocycles. The van der Waals surface area contributed by atoms with Gasteiger partial charge in [0.2, 0.25) is 0 Å². The van der Waals surface area contributed by atoms with Gasteiger partial charge in [-0.05, 0) is 28.1 Å². The Balaban J connectivity index is 2.12. The van der Waals surface area contributed by atoms with E-state index in [4.69, 9.17) is 10.5 Å². The van der Waals surface area contributed by atoms with Crippen LogP contribution in [-0.2, 0) is 4.74 Å². The van der Waals surface area contributed by atoms with Gasteiger partial charge in [-0.15, -0.1) is 11.3 Å². The van der Waals surface area contributed by atoms with E-state index in [-0.39, 0.29) is 6.10 Å². The van der Waals surface area contributed by atoms with E-state index in [1.165, 1.54) is 10.5 Å². The number of halogens is 1. The van der Waals surface area contributed by atoms with Crippen LogP contribution in [0.3, 0.4) is 0 Å². The van der Waals surface area contributed by atoms with E-state index in [1.807, 2.05) is 6.26 Å². The minimum Gasteiger partial charge on any atom is -0.496 e. The van der Waals surface area contributed by atoms with Crippen molar-refractivity contribution < 1.29 is 4.74 Å². The fraction of sp³-hybridized carbons (Fsp3) is 0.333. The van der Waals surface area contributed by atoms with Crippen molar-refractivity contribution >= 4 is 32.8 Å². The maximum absolute atomic E-state index is 5.52. The highest BCUT2D eigenvalue weighted by molar-refractivity contribution is 9.11. The summed E-state index contributed by atoms with van der Waals surface area (Å²) in [7, 11) is 0. The molecule has 0 spiro atoms. The normalized spacial score (nSPS) is 21.4. The highest BCUT2D eigenvalue weighted by atomic mass is 79.9. The van der Waals surface area contributed by atoms with Crippen LogP contribution in [0.2, 0.25) is 0 Å². The fourth-order valence-corrected chi connectivity index (χ4v) is 2.70. The van der Waals surface area contributed by atoms with Crippen LogP contribution >= 0.6 is 27.3 Å². The second kappa shape index (κ2) is 3.82. The van der Waals surface area contributed by atoms with Crippen molar-refractivity contribution in [2.75, 3.05) is 6.54 Å². The summed E-state index contributed by atoms with van der Waals surface area (Å²) >= 11 is 5.16. The number of hydrogen-bond donors (Lipinski definition) is 1. The molecule has 1 aliphatic rings. The first-order chi connectivity index (χ1) is 6.29. The average Bonchev–Trinajstić information content (AvgIpc) is 2.71. The number of ether oxygens (including phenoxy) is 1. The molecule has 2 N–H and O–H groups in total. The Morgan fingerprint density at radius 3 is 3.00 bits per heavy atom. The van der Waals surface area contributed by atoms with Gasteiger partial charge in [0, 0.05) is 23.4 Å². The van der Waals surface area contributed by atoms with Crippen molar-refractivity contribution in [3.63, 3.8) is 0 Å². The van der Waals surface area contributed by atoms with Gasteiger partial charge in [0.1, 0.15) is 6.10 Å².